The van der Waals surface area contributed by atoms with Crippen LogP contribution in [-0.4, -0.2) is 87.0 Å². The molecule has 1 amide bonds. The Kier molecular flexibility index (Phi) is 20.0. The van der Waals surface area contributed by atoms with E-state index < -0.39 is 11.9 Å². The molecule has 11 nitrogen and oxygen atoms in total. The van der Waals surface area contributed by atoms with Crippen LogP contribution in [0.2, 0.25) is 0 Å². The second kappa shape index (κ2) is 23.0. The second-order valence-corrected chi connectivity index (χ2v) is 21.0. The number of carbonyl (C=O) groups is 3. The molecule has 0 aliphatic heterocycles. The Morgan fingerprint density at radius 3 is 1.44 bits per heavy atom. The summed E-state index contributed by atoms with van der Waals surface area (Å²) in [5.74, 6) is 2.18. The highest BCUT2D eigenvalue weighted by atomic mass is 16.4. The van der Waals surface area contributed by atoms with Crippen molar-refractivity contribution in [3.8, 4) is 0 Å². The Labute approximate surface area is 368 Å². The number of aliphatic hydroxyl groups is 4. The molecule has 6 aliphatic carbocycles. The summed E-state index contributed by atoms with van der Waals surface area (Å²) in [6.45, 7) is 25.1. The summed E-state index contributed by atoms with van der Waals surface area (Å²) < 4.78 is 0. The number of carboxylic acids is 2. The molecule has 0 aromatic rings. The van der Waals surface area contributed by atoms with Gasteiger partial charge < -0.3 is 41.7 Å². The summed E-state index contributed by atoms with van der Waals surface area (Å²) in [6, 6.07) is 0. The van der Waals surface area contributed by atoms with Gasteiger partial charge in [0.05, 0.1) is 12.2 Å². The predicted octanol–water partition coefficient (Wildman–Crippen LogP) is 8.13. The standard InChI is InChI=1S/C24H41NO3.C20H35NO2.C4H8O2.C2H4O2/c1-5-6-22(28)25-14-19-20-8-7-16(2)23(20,3)12-10-21(19)24(4)11-9-18(27)13-17(24)15-26;1-13-4-5-17-16(11-21)18(7-9-19(13,17)2)20(3)8-6-15(23)10-14(20)12-22;1-2-3-4(5)6;1-2(3)4/h17-21,26-27H,2,5-15H2,1,3-4H3,(H,25,28);14-18,22-23H,1,4-12,21H2,2-3H3;2-3H2,1H3,(H,5,6);1H3,(H,3,4)/t17-,18+,19+,20+,21+,23-,24+;14-,15+,16+,17+,18+,19-,20+;;/m11../s1. The van der Waals surface area contributed by atoms with Gasteiger partial charge in [0.1, 0.15) is 0 Å². The SMILES string of the molecule is C=C1CC[C@H]2[C@H](CN)[C@@H]([C@@]3(C)CC[C@H](O)C[C@@H]3CO)CC[C@]12C.C=C1CC[C@H]2[C@H](CNC(=O)CCC)[C@@H]([C@@]3(C)CC[C@H](O)C[C@@H]3CO)CC[C@]12C.CC(=O)O.CCCC(=O)O. The van der Waals surface area contributed by atoms with Gasteiger partial charge in [0.15, 0.2) is 0 Å². The Morgan fingerprint density at radius 1 is 0.672 bits per heavy atom. The van der Waals surface area contributed by atoms with E-state index in [2.05, 4.69) is 46.2 Å². The van der Waals surface area contributed by atoms with Crippen molar-refractivity contribution in [1.82, 2.24) is 5.32 Å². The highest BCUT2D eigenvalue weighted by Crippen LogP contribution is 2.65. The normalized spacial score (nSPS) is 40.4. The van der Waals surface area contributed by atoms with Crippen molar-refractivity contribution in [2.45, 2.75) is 176 Å². The fraction of sp³-hybridized carbons (Fsp3) is 0.860. The molecule has 0 radical (unpaired) electrons. The number of nitrogens with two attached hydrogens (primary N) is 1. The molecule has 6 rings (SSSR count). The first-order valence-corrected chi connectivity index (χ1v) is 24.0. The van der Waals surface area contributed by atoms with E-state index in [0.717, 1.165) is 90.6 Å². The molecule has 6 fully saturated rings. The maximum atomic E-state index is 12.2. The summed E-state index contributed by atoms with van der Waals surface area (Å²) in [7, 11) is 0. The van der Waals surface area contributed by atoms with E-state index in [-0.39, 0.29) is 64.8 Å². The van der Waals surface area contributed by atoms with Gasteiger partial charge in [-0.05, 0) is 178 Å². The number of carbonyl (C=O) groups excluding carboxylic acids is 1. The number of allylic oxidation sites excluding steroid dienone is 2. The molecule has 0 spiro atoms. The number of amides is 1. The highest BCUT2D eigenvalue weighted by molar-refractivity contribution is 5.75. The van der Waals surface area contributed by atoms with Crippen LogP contribution in [0.15, 0.2) is 24.3 Å². The average molecular weight is 861 g/mol. The number of aliphatic carboxylic acids is 2. The van der Waals surface area contributed by atoms with Crippen LogP contribution in [-0.2, 0) is 14.4 Å². The Balaban J connectivity index is 0.000000269. The third-order valence-electron chi connectivity index (χ3n) is 17.7. The van der Waals surface area contributed by atoms with Crippen molar-refractivity contribution in [3.05, 3.63) is 24.3 Å². The molecule has 0 aromatic heterocycles. The van der Waals surface area contributed by atoms with Gasteiger partial charge in [0.2, 0.25) is 5.91 Å². The lowest BCUT2D eigenvalue weighted by Crippen LogP contribution is -2.53. The number of fused-ring (bicyclic) bond motifs is 2. The van der Waals surface area contributed by atoms with Crippen LogP contribution in [0.3, 0.4) is 0 Å². The van der Waals surface area contributed by atoms with E-state index in [1.807, 2.05) is 13.8 Å². The number of nitrogens with one attached hydrogen (secondary N) is 1. The Morgan fingerprint density at radius 2 is 1.08 bits per heavy atom. The molecule has 0 saturated heterocycles. The molecule has 0 heterocycles. The number of hydrogen-bond donors (Lipinski definition) is 8. The third-order valence-corrected chi connectivity index (χ3v) is 17.7. The monoisotopic (exact) mass is 861 g/mol. The van der Waals surface area contributed by atoms with Crippen LogP contribution in [0, 0.1) is 69.0 Å². The Hall–Kier alpha value is -2.31. The smallest absolute Gasteiger partial charge is 0.303 e. The third kappa shape index (κ3) is 12.3. The van der Waals surface area contributed by atoms with E-state index in [4.69, 9.17) is 20.7 Å². The summed E-state index contributed by atoms with van der Waals surface area (Å²) in [6.07, 6.45) is 16.5. The minimum absolute atomic E-state index is 0.0272. The summed E-state index contributed by atoms with van der Waals surface area (Å²) in [5.41, 5.74) is 9.73. The van der Waals surface area contributed by atoms with Gasteiger partial charge >= 0.3 is 5.97 Å². The van der Waals surface area contributed by atoms with Crippen molar-refractivity contribution >= 4 is 17.8 Å². The van der Waals surface area contributed by atoms with Gasteiger partial charge in [-0.25, -0.2) is 0 Å². The van der Waals surface area contributed by atoms with Gasteiger partial charge in [0.25, 0.3) is 5.97 Å². The van der Waals surface area contributed by atoms with Crippen LogP contribution in [0.1, 0.15) is 164 Å². The summed E-state index contributed by atoms with van der Waals surface area (Å²) in [4.78, 5) is 30.8. The van der Waals surface area contributed by atoms with Crippen LogP contribution in [0.4, 0.5) is 0 Å². The summed E-state index contributed by atoms with van der Waals surface area (Å²) in [5, 5.41) is 58.9. The van der Waals surface area contributed by atoms with E-state index in [9.17, 15) is 30.0 Å². The Bertz CT molecular complexity index is 1470. The van der Waals surface area contributed by atoms with E-state index in [1.54, 1.807) is 0 Å². The molecule has 352 valence electrons. The molecule has 11 heteroatoms. The van der Waals surface area contributed by atoms with Crippen molar-refractivity contribution < 1.29 is 45.0 Å². The fourth-order valence-corrected chi connectivity index (χ4v) is 13.7. The molecule has 61 heavy (non-hydrogen) atoms. The van der Waals surface area contributed by atoms with Crippen molar-refractivity contribution in [1.29, 1.82) is 0 Å². The minimum atomic E-state index is -0.833. The first-order valence-electron chi connectivity index (χ1n) is 24.0. The van der Waals surface area contributed by atoms with E-state index in [0.29, 0.717) is 54.8 Å². The van der Waals surface area contributed by atoms with Gasteiger partial charge in [-0.1, -0.05) is 65.8 Å². The molecule has 9 N–H and O–H groups in total. The lowest BCUT2D eigenvalue weighted by atomic mass is 9.49. The quantitative estimate of drug-likeness (QED) is 0.0935. The largest absolute Gasteiger partial charge is 0.481 e. The second-order valence-electron chi connectivity index (χ2n) is 21.0. The zero-order valence-electron chi connectivity index (χ0n) is 39.2. The first kappa shape index (κ1) is 53.0. The zero-order valence-corrected chi connectivity index (χ0v) is 39.2. The maximum Gasteiger partial charge on any atom is 0.303 e. The molecule has 0 bridgehead atoms. The maximum absolute atomic E-state index is 12.2. The van der Waals surface area contributed by atoms with Crippen molar-refractivity contribution in [2.75, 3.05) is 26.3 Å². The van der Waals surface area contributed by atoms with Crippen LogP contribution >= 0.6 is 0 Å². The van der Waals surface area contributed by atoms with Crippen molar-refractivity contribution in [3.63, 3.8) is 0 Å². The molecular formula is C50H88N2O9. The van der Waals surface area contributed by atoms with E-state index >= 15 is 0 Å². The lowest BCUT2D eigenvalue weighted by molar-refractivity contribution is -0.137. The average Bonchev–Trinajstić information content (AvgIpc) is 3.68. The number of hydrogen-bond acceptors (Lipinski definition) is 8. The van der Waals surface area contributed by atoms with Crippen molar-refractivity contribution in [2.24, 2.45) is 74.7 Å². The van der Waals surface area contributed by atoms with Crippen LogP contribution in [0.25, 0.3) is 0 Å². The number of carboxylic acid groups (broad SMARTS) is 2. The zero-order chi connectivity index (χ0) is 45.9. The molecule has 0 aromatic carbocycles. The van der Waals surface area contributed by atoms with Gasteiger partial charge in [0, 0.05) is 39.5 Å². The number of aliphatic hydroxyl groups excluding tert-OH is 4. The molecule has 14 atom stereocenters. The van der Waals surface area contributed by atoms with Gasteiger partial charge in [-0.2, -0.15) is 0 Å². The fourth-order valence-electron chi connectivity index (χ4n) is 13.7. The van der Waals surface area contributed by atoms with Gasteiger partial charge in [-0.15, -0.1) is 0 Å². The van der Waals surface area contributed by atoms with E-state index in [1.165, 1.54) is 36.8 Å². The predicted molar refractivity (Wildman–Crippen MR) is 242 cm³/mol. The van der Waals surface area contributed by atoms with Gasteiger partial charge in [-0.3, -0.25) is 14.4 Å². The highest BCUT2D eigenvalue weighted by Gasteiger charge is 2.58. The number of rotatable bonds is 11. The first-order chi connectivity index (χ1) is 28.6. The minimum Gasteiger partial charge on any atom is -0.481 e. The topological polar surface area (TPSA) is 211 Å². The lowest BCUT2D eigenvalue weighted by Gasteiger charge is -2.56. The molecular weight excluding hydrogens is 773 g/mol. The summed E-state index contributed by atoms with van der Waals surface area (Å²) >= 11 is 0. The molecule has 6 saturated carbocycles. The van der Waals surface area contributed by atoms with Crippen LogP contribution < -0.4 is 11.1 Å². The molecule has 6 aliphatic rings. The van der Waals surface area contributed by atoms with Crippen LogP contribution in [0.5, 0.6) is 0 Å². The molecule has 0 unspecified atom stereocenters.